The van der Waals surface area contributed by atoms with Crippen LogP contribution in [0.5, 0.6) is 11.5 Å². The molecule has 1 saturated carbocycles. The predicted molar refractivity (Wildman–Crippen MR) is 128 cm³/mol. The summed E-state index contributed by atoms with van der Waals surface area (Å²) in [4.78, 5) is 0. The van der Waals surface area contributed by atoms with Crippen molar-refractivity contribution in [1.29, 1.82) is 0 Å². The molecule has 0 spiro atoms. The van der Waals surface area contributed by atoms with Gasteiger partial charge < -0.3 is 9.47 Å². The van der Waals surface area contributed by atoms with Crippen molar-refractivity contribution in [3.05, 3.63) is 95.6 Å². The van der Waals surface area contributed by atoms with Crippen LogP contribution in [0.15, 0.2) is 78.9 Å². The molecule has 4 rings (SSSR count). The molecule has 0 bridgehead atoms. The number of aryl methyl sites for hydroxylation is 1. The Hall–Kier alpha value is -2.74. The largest absolute Gasteiger partial charge is 0.491 e. The summed E-state index contributed by atoms with van der Waals surface area (Å²) in [7, 11) is 0. The fraction of sp³-hybridized carbons (Fsp3) is 0.379. The van der Waals surface area contributed by atoms with E-state index in [1.54, 1.807) is 0 Å². The van der Waals surface area contributed by atoms with E-state index in [1.807, 2.05) is 18.2 Å². The highest BCUT2D eigenvalue weighted by Gasteiger charge is 2.24. The number of benzene rings is 3. The summed E-state index contributed by atoms with van der Waals surface area (Å²) in [6.07, 6.45) is 6.53. The lowest BCUT2D eigenvalue weighted by molar-refractivity contribution is 0.165. The van der Waals surface area contributed by atoms with Crippen molar-refractivity contribution in [2.24, 2.45) is 5.92 Å². The standard InChI is InChI=1S/C29H34O2/c1-22-8-16-29(17-9-22)31-23(2)20-24-10-12-26(13-11-24)27-14-18-28(19-15-27)30-21-25-6-4-3-5-7-25/h3-9,14-19,23-24,26H,10-13,20-21H2,1-2H3. The molecule has 0 amide bonds. The Bertz CT molecular complexity index is 907. The zero-order chi connectivity index (χ0) is 21.5. The number of hydrogen-bond donors (Lipinski definition) is 0. The first-order chi connectivity index (χ1) is 15.2. The molecule has 2 heteroatoms. The minimum Gasteiger partial charge on any atom is -0.491 e. The third-order valence-corrected chi connectivity index (χ3v) is 6.47. The molecule has 1 atom stereocenters. The maximum absolute atomic E-state index is 6.14. The van der Waals surface area contributed by atoms with E-state index in [9.17, 15) is 0 Å². The van der Waals surface area contributed by atoms with E-state index >= 15 is 0 Å². The minimum absolute atomic E-state index is 0.269. The summed E-state index contributed by atoms with van der Waals surface area (Å²) in [6, 6.07) is 27.5. The van der Waals surface area contributed by atoms with Crippen LogP contribution in [-0.2, 0) is 6.61 Å². The van der Waals surface area contributed by atoms with Crippen LogP contribution in [0.4, 0.5) is 0 Å². The highest BCUT2D eigenvalue weighted by Crippen LogP contribution is 2.38. The summed E-state index contributed by atoms with van der Waals surface area (Å²) >= 11 is 0. The molecule has 3 aromatic carbocycles. The molecule has 1 aliphatic rings. The highest BCUT2D eigenvalue weighted by atomic mass is 16.5. The highest BCUT2D eigenvalue weighted by molar-refractivity contribution is 5.30. The van der Waals surface area contributed by atoms with Gasteiger partial charge in [0.15, 0.2) is 0 Å². The molecule has 1 aliphatic carbocycles. The average Bonchev–Trinajstić information content (AvgIpc) is 2.81. The molecule has 1 fully saturated rings. The first-order valence-electron chi connectivity index (χ1n) is 11.7. The fourth-order valence-electron chi connectivity index (χ4n) is 4.68. The lowest BCUT2D eigenvalue weighted by Gasteiger charge is -2.30. The summed E-state index contributed by atoms with van der Waals surface area (Å²) in [5.74, 6) is 3.38. The Morgan fingerprint density at radius 2 is 1.42 bits per heavy atom. The molecule has 0 N–H and O–H groups in total. The van der Waals surface area contributed by atoms with Crippen LogP contribution >= 0.6 is 0 Å². The van der Waals surface area contributed by atoms with E-state index in [0.717, 1.165) is 23.8 Å². The molecular formula is C29H34O2. The van der Waals surface area contributed by atoms with Crippen molar-refractivity contribution >= 4 is 0 Å². The van der Waals surface area contributed by atoms with Gasteiger partial charge in [-0.3, -0.25) is 0 Å². The van der Waals surface area contributed by atoms with Gasteiger partial charge in [-0.15, -0.1) is 0 Å². The van der Waals surface area contributed by atoms with Crippen LogP contribution in [0.3, 0.4) is 0 Å². The third kappa shape index (κ3) is 6.37. The van der Waals surface area contributed by atoms with E-state index in [2.05, 4.69) is 74.5 Å². The lowest BCUT2D eigenvalue weighted by atomic mass is 9.77. The fourth-order valence-corrected chi connectivity index (χ4v) is 4.68. The van der Waals surface area contributed by atoms with Gasteiger partial charge in [0.25, 0.3) is 0 Å². The number of rotatable bonds is 8. The Kier molecular flexibility index (Phi) is 7.30. The van der Waals surface area contributed by atoms with E-state index in [1.165, 1.54) is 42.4 Å². The third-order valence-electron chi connectivity index (χ3n) is 6.47. The van der Waals surface area contributed by atoms with Crippen LogP contribution < -0.4 is 9.47 Å². The van der Waals surface area contributed by atoms with Crippen molar-refractivity contribution in [3.8, 4) is 11.5 Å². The SMILES string of the molecule is Cc1ccc(OC(C)CC2CCC(c3ccc(OCc4ccccc4)cc3)CC2)cc1. The van der Waals surface area contributed by atoms with Crippen molar-refractivity contribution in [3.63, 3.8) is 0 Å². The molecule has 0 aromatic heterocycles. The summed E-state index contributed by atoms with van der Waals surface area (Å²) in [6.45, 7) is 4.94. The molecular weight excluding hydrogens is 380 g/mol. The molecule has 3 aromatic rings. The second kappa shape index (κ2) is 10.5. The normalized spacial score (nSPS) is 19.5. The molecule has 0 heterocycles. The van der Waals surface area contributed by atoms with E-state index in [0.29, 0.717) is 12.5 Å². The molecule has 2 nitrogen and oxygen atoms in total. The lowest BCUT2D eigenvalue weighted by Crippen LogP contribution is -2.21. The van der Waals surface area contributed by atoms with Gasteiger partial charge >= 0.3 is 0 Å². The molecule has 0 radical (unpaired) electrons. The van der Waals surface area contributed by atoms with E-state index in [-0.39, 0.29) is 6.10 Å². The van der Waals surface area contributed by atoms with E-state index in [4.69, 9.17) is 9.47 Å². The van der Waals surface area contributed by atoms with Crippen LogP contribution in [0.25, 0.3) is 0 Å². The number of hydrogen-bond acceptors (Lipinski definition) is 2. The second-order valence-electron chi connectivity index (χ2n) is 9.04. The first kappa shape index (κ1) is 21.5. The minimum atomic E-state index is 0.269. The van der Waals surface area contributed by atoms with Gasteiger partial charge in [-0.1, -0.05) is 60.2 Å². The first-order valence-corrected chi connectivity index (χ1v) is 11.7. The average molecular weight is 415 g/mol. The predicted octanol–water partition coefficient (Wildman–Crippen LogP) is 7.71. The molecule has 0 saturated heterocycles. The quantitative estimate of drug-likeness (QED) is 0.376. The van der Waals surface area contributed by atoms with Gasteiger partial charge in [-0.25, -0.2) is 0 Å². The van der Waals surface area contributed by atoms with Gasteiger partial charge in [0.2, 0.25) is 0 Å². The Morgan fingerprint density at radius 1 is 0.774 bits per heavy atom. The Labute approximate surface area is 187 Å². The summed E-state index contributed by atoms with van der Waals surface area (Å²) < 4.78 is 12.1. The maximum Gasteiger partial charge on any atom is 0.119 e. The van der Waals surface area contributed by atoms with Gasteiger partial charge in [-0.2, -0.15) is 0 Å². The Morgan fingerprint density at radius 3 is 2.10 bits per heavy atom. The summed E-state index contributed by atoms with van der Waals surface area (Å²) in [5.41, 5.74) is 3.93. The zero-order valence-electron chi connectivity index (χ0n) is 18.8. The van der Waals surface area contributed by atoms with Crippen LogP contribution in [0.1, 0.15) is 61.6 Å². The van der Waals surface area contributed by atoms with Crippen LogP contribution in [-0.4, -0.2) is 6.10 Å². The topological polar surface area (TPSA) is 18.5 Å². The van der Waals surface area contributed by atoms with Crippen molar-refractivity contribution < 1.29 is 9.47 Å². The Balaban J connectivity index is 1.21. The van der Waals surface area contributed by atoms with Crippen molar-refractivity contribution in [1.82, 2.24) is 0 Å². The van der Waals surface area contributed by atoms with Crippen LogP contribution in [0.2, 0.25) is 0 Å². The second-order valence-corrected chi connectivity index (χ2v) is 9.04. The molecule has 31 heavy (non-hydrogen) atoms. The van der Waals surface area contributed by atoms with Crippen LogP contribution in [0, 0.1) is 12.8 Å². The van der Waals surface area contributed by atoms with Gasteiger partial charge in [0.05, 0.1) is 6.10 Å². The van der Waals surface area contributed by atoms with Gasteiger partial charge in [0, 0.05) is 0 Å². The van der Waals surface area contributed by atoms with E-state index < -0.39 is 0 Å². The smallest absolute Gasteiger partial charge is 0.119 e. The number of ether oxygens (including phenoxy) is 2. The summed E-state index contributed by atoms with van der Waals surface area (Å²) in [5, 5.41) is 0. The van der Waals surface area contributed by atoms with Crippen molar-refractivity contribution in [2.75, 3.05) is 0 Å². The molecule has 162 valence electrons. The monoisotopic (exact) mass is 414 g/mol. The van der Waals surface area contributed by atoms with Crippen molar-refractivity contribution in [2.45, 2.75) is 64.6 Å². The molecule has 1 unspecified atom stereocenters. The zero-order valence-corrected chi connectivity index (χ0v) is 18.8. The molecule has 0 aliphatic heterocycles. The van der Waals surface area contributed by atoms with Gasteiger partial charge in [0.1, 0.15) is 18.1 Å². The van der Waals surface area contributed by atoms with Gasteiger partial charge in [-0.05, 0) is 93.2 Å². The maximum atomic E-state index is 6.14.